The van der Waals surface area contributed by atoms with Crippen molar-refractivity contribution in [2.75, 3.05) is 0 Å². The molecule has 0 radical (unpaired) electrons. The summed E-state index contributed by atoms with van der Waals surface area (Å²) in [6, 6.07) is 12.3. The zero-order valence-electron chi connectivity index (χ0n) is 17.4. The minimum Gasteiger partial charge on any atom is -0.365 e. The van der Waals surface area contributed by atoms with Gasteiger partial charge < -0.3 is 14.9 Å². The molecule has 0 saturated heterocycles. The van der Waals surface area contributed by atoms with Crippen molar-refractivity contribution in [3.8, 4) is 0 Å². The van der Waals surface area contributed by atoms with Crippen LogP contribution in [-0.4, -0.2) is 25.7 Å². The molecule has 9 heteroatoms. The number of nitrogens with zero attached hydrogens (tertiary/aromatic N) is 3. The van der Waals surface area contributed by atoms with Crippen molar-refractivity contribution in [3.63, 3.8) is 0 Å². The number of carbonyl (C=O) groups is 2. The van der Waals surface area contributed by atoms with Crippen LogP contribution in [0.5, 0.6) is 0 Å². The second-order valence-electron chi connectivity index (χ2n) is 7.33. The van der Waals surface area contributed by atoms with Gasteiger partial charge in [0.25, 0.3) is 17.2 Å². The number of pyridine rings is 1. The first-order valence-electron chi connectivity index (χ1n) is 9.57. The Morgan fingerprint density at radius 1 is 1.13 bits per heavy atom. The van der Waals surface area contributed by atoms with Gasteiger partial charge in [0.1, 0.15) is 5.56 Å². The number of ketones is 1. The van der Waals surface area contributed by atoms with E-state index in [1.807, 2.05) is 55.7 Å². The maximum Gasteiger partial charge on any atom is 0.286 e. The number of aromatic nitrogens is 2. The molecule has 1 atom stereocenters. The van der Waals surface area contributed by atoms with Crippen LogP contribution < -0.4 is 11.3 Å². The monoisotopic (exact) mass is 422 g/mol. The Bertz CT molecular complexity index is 1240. The number of carbonyl (C=O) groups excluding carboxylic acids is 2. The fraction of sp³-hybridized carbons (Fsp3) is 0.227. The van der Waals surface area contributed by atoms with E-state index < -0.39 is 40.0 Å². The topological polar surface area (TPSA) is 130 Å². The zero-order valence-corrected chi connectivity index (χ0v) is 17.4. The van der Waals surface area contributed by atoms with Crippen molar-refractivity contribution in [3.05, 3.63) is 97.2 Å². The predicted octanol–water partition coefficient (Wildman–Crippen LogP) is 2.77. The van der Waals surface area contributed by atoms with Crippen LogP contribution in [-0.2, 0) is 6.54 Å². The maximum absolute atomic E-state index is 13.0. The van der Waals surface area contributed by atoms with E-state index in [9.17, 15) is 24.5 Å². The summed E-state index contributed by atoms with van der Waals surface area (Å²) in [5.74, 6) is -1.50. The number of hydrogen-bond donors (Lipinski definition) is 1. The fourth-order valence-corrected chi connectivity index (χ4v) is 3.79. The summed E-state index contributed by atoms with van der Waals surface area (Å²) in [6.45, 7) is 5.26. The van der Waals surface area contributed by atoms with Gasteiger partial charge in [0, 0.05) is 23.0 Å². The first-order chi connectivity index (χ1) is 14.6. The van der Waals surface area contributed by atoms with Gasteiger partial charge in [-0.2, -0.15) is 0 Å². The van der Waals surface area contributed by atoms with Gasteiger partial charge in [0.05, 0.1) is 23.7 Å². The number of primary amides is 1. The van der Waals surface area contributed by atoms with Crippen LogP contribution in [0.4, 0.5) is 5.69 Å². The quantitative estimate of drug-likeness (QED) is 0.355. The molecule has 0 bridgehead atoms. The summed E-state index contributed by atoms with van der Waals surface area (Å²) < 4.78 is 2.88. The van der Waals surface area contributed by atoms with Crippen LogP contribution in [0.15, 0.2) is 53.5 Å². The van der Waals surface area contributed by atoms with Gasteiger partial charge in [0.15, 0.2) is 5.78 Å². The molecule has 2 heterocycles. The SMILES string of the molecule is Cc1cc(C(=O)Cn2cc([N+](=O)[O-])cc(C(N)=O)c2=O)c(C)n1[C@@H](C)c1ccccc1. The minimum atomic E-state index is -1.09. The molecule has 2 aromatic heterocycles. The number of Topliss-reactive ketones (excluding diaryl/α,β-unsaturated/α-hetero) is 1. The number of benzene rings is 1. The van der Waals surface area contributed by atoms with Gasteiger partial charge in [-0.05, 0) is 32.4 Å². The molecule has 2 N–H and O–H groups in total. The molecule has 3 rings (SSSR count). The number of aryl methyl sites for hydroxylation is 1. The van der Waals surface area contributed by atoms with Crippen molar-refractivity contribution in [1.29, 1.82) is 0 Å². The van der Waals surface area contributed by atoms with Crippen LogP contribution >= 0.6 is 0 Å². The van der Waals surface area contributed by atoms with E-state index >= 15 is 0 Å². The molecular weight excluding hydrogens is 400 g/mol. The molecule has 3 aromatic rings. The number of rotatable bonds is 7. The maximum atomic E-state index is 13.0. The van der Waals surface area contributed by atoms with Gasteiger partial charge in [-0.1, -0.05) is 30.3 Å². The van der Waals surface area contributed by atoms with Crippen molar-refractivity contribution >= 4 is 17.4 Å². The Hall–Kier alpha value is -4.01. The van der Waals surface area contributed by atoms with Crippen molar-refractivity contribution in [2.24, 2.45) is 5.73 Å². The van der Waals surface area contributed by atoms with Crippen LogP contribution in [0, 0.1) is 24.0 Å². The average Bonchev–Trinajstić information content (AvgIpc) is 3.03. The number of nitro groups is 1. The van der Waals surface area contributed by atoms with E-state index in [1.165, 1.54) is 0 Å². The molecule has 0 aliphatic heterocycles. The summed E-state index contributed by atoms with van der Waals surface area (Å²) >= 11 is 0. The van der Waals surface area contributed by atoms with Crippen molar-refractivity contribution < 1.29 is 14.5 Å². The van der Waals surface area contributed by atoms with Gasteiger partial charge in [-0.15, -0.1) is 0 Å². The molecule has 160 valence electrons. The lowest BCUT2D eigenvalue weighted by Gasteiger charge is -2.19. The fourth-order valence-electron chi connectivity index (χ4n) is 3.79. The van der Waals surface area contributed by atoms with E-state index in [-0.39, 0.29) is 6.04 Å². The molecule has 9 nitrogen and oxygen atoms in total. The van der Waals surface area contributed by atoms with Crippen LogP contribution in [0.25, 0.3) is 0 Å². The smallest absolute Gasteiger partial charge is 0.286 e. The third kappa shape index (κ3) is 4.16. The highest BCUT2D eigenvalue weighted by Gasteiger charge is 2.22. The predicted molar refractivity (Wildman–Crippen MR) is 114 cm³/mol. The Balaban J connectivity index is 2.00. The molecule has 1 aromatic carbocycles. The molecule has 0 spiro atoms. The summed E-state index contributed by atoms with van der Waals surface area (Å²) in [7, 11) is 0. The highest BCUT2D eigenvalue weighted by molar-refractivity contribution is 5.97. The zero-order chi connectivity index (χ0) is 22.9. The number of hydrogen-bond acceptors (Lipinski definition) is 5. The highest BCUT2D eigenvalue weighted by Crippen LogP contribution is 2.26. The molecule has 0 aliphatic carbocycles. The van der Waals surface area contributed by atoms with E-state index in [2.05, 4.69) is 0 Å². The normalized spacial score (nSPS) is 11.8. The van der Waals surface area contributed by atoms with Crippen LogP contribution in [0.1, 0.15) is 50.6 Å². The third-order valence-corrected chi connectivity index (χ3v) is 5.32. The Labute approximate surface area is 177 Å². The van der Waals surface area contributed by atoms with Gasteiger partial charge in [-0.3, -0.25) is 24.5 Å². The summed E-state index contributed by atoms with van der Waals surface area (Å²) in [5, 5.41) is 11.2. The summed E-state index contributed by atoms with van der Waals surface area (Å²) in [5.41, 5.74) is 6.34. The molecule has 0 unspecified atom stereocenters. The minimum absolute atomic E-state index is 0.0234. The molecule has 1 amide bonds. The molecule has 0 fully saturated rings. The van der Waals surface area contributed by atoms with Crippen LogP contribution in [0.3, 0.4) is 0 Å². The summed E-state index contributed by atoms with van der Waals surface area (Å²) in [6.07, 6.45) is 0.943. The third-order valence-electron chi connectivity index (χ3n) is 5.32. The molecule has 31 heavy (non-hydrogen) atoms. The molecular formula is C22H22N4O5. The van der Waals surface area contributed by atoms with E-state index in [1.54, 1.807) is 6.07 Å². The Kier molecular flexibility index (Phi) is 5.87. The molecule has 0 saturated carbocycles. The molecule has 0 aliphatic rings. The van der Waals surface area contributed by atoms with Gasteiger partial charge in [0.2, 0.25) is 0 Å². The first-order valence-corrected chi connectivity index (χ1v) is 9.57. The standard InChI is InChI=1S/C22H22N4O5/c1-13-9-18(15(3)25(13)14(2)16-7-5-4-6-8-16)20(27)12-24-11-17(26(30)31)10-19(21(23)28)22(24)29/h4-11,14H,12H2,1-3H3,(H2,23,28)/t14-/m0/s1. The second kappa shape index (κ2) is 8.39. The van der Waals surface area contributed by atoms with Gasteiger partial charge in [-0.25, -0.2) is 0 Å². The lowest BCUT2D eigenvalue weighted by atomic mass is 10.1. The number of nitrogens with two attached hydrogens (primary N) is 1. The Morgan fingerprint density at radius 2 is 1.77 bits per heavy atom. The Morgan fingerprint density at radius 3 is 2.35 bits per heavy atom. The highest BCUT2D eigenvalue weighted by atomic mass is 16.6. The lowest BCUT2D eigenvalue weighted by Crippen LogP contribution is -2.31. The van der Waals surface area contributed by atoms with E-state index in [4.69, 9.17) is 5.73 Å². The van der Waals surface area contributed by atoms with Crippen LogP contribution in [0.2, 0.25) is 0 Å². The van der Waals surface area contributed by atoms with Crippen molar-refractivity contribution in [2.45, 2.75) is 33.4 Å². The van der Waals surface area contributed by atoms with E-state index in [0.717, 1.165) is 28.1 Å². The number of amides is 1. The average molecular weight is 422 g/mol. The largest absolute Gasteiger partial charge is 0.365 e. The second-order valence-corrected chi connectivity index (χ2v) is 7.33. The first kappa shape index (κ1) is 21.7. The van der Waals surface area contributed by atoms with Crippen molar-refractivity contribution in [1.82, 2.24) is 9.13 Å². The van der Waals surface area contributed by atoms with Gasteiger partial charge >= 0.3 is 0 Å². The lowest BCUT2D eigenvalue weighted by molar-refractivity contribution is -0.385. The summed E-state index contributed by atoms with van der Waals surface area (Å²) in [4.78, 5) is 47.4. The van der Waals surface area contributed by atoms with E-state index in [0.29, 0.717) is 11.3 Å².